The Morgan fingerprint density at radius 1 is 1.60 bits per heavy atom. The number of nitrogens with zero attached hydrogens (tertiary/aromatic N) is 3. The lowest BCUT2D eigenvalue weighted by atomic mass is 10.2. The highest BCUT2D eigenvalue weighted by Gasteiger charge is 2.42. The van der Waals surface area contributed by atoms with Crippen molar-refractivity contribution >= 4 is 28.9 Å². The predicted molar refractivity (Wildman–Crippen MR) is 57.7 cm³/mol. The zero-order valence-corrected chi connectivity index (χ0v) is 9.83. The zero-order valence-electron chi connectivity index (χ0n) is 9.01. The summed E-state index contributed by atoms with van der Waals surface area (Å²) < 4.78 is -0.576. The number of carboxylic acid groups (broad SMARTS) is 1. The van der Waals surface area contributed by atoms with Crippen LogP contribution in [0.15, 0.2) is 5.10 Å². The van der Waals surface area contributed by atoms with Gasteiger partial charge < -0.3 is 5.11 Å². The summed E-state index contributed by atoms with van der Waals surface area (Å²) in [4.78, 5) is 23.6. The first-order valence-corrected chi connectivity index (χ1v) is 5.10. The average Bonchev–Trinajstić information content (AvgIpc) is 2.30. The van der Waals surface area contributed by atoms with Gasteiger partial charge in [0.2, 0.25) is 5.91 Å². The van der Waals surface area contributed by atoms with Crippen molar-refractivity contribution < 1.29 is 14.7 Å². The van der Waals surface area contributed by atoms with E-state index >= 15 is 0 Å². The Hall–Kier alpha value is -1.24. The van der Waals surface area contributed by atoms with Crippen molar-refractivity contribution in [3.8, 4) is 0 Å². The first kappa shape index (κ1) is 11.8. The maximum absolute atomic E-state index is 11.6. The van der Waals surface area contributed by atoms with E-state index in [1.807, 2.05) is 0 Å². The van der Waals surface area contributed by atoms with E-state index in [2.05, 4.69) is 5.10 Å². The van der Waals surface area contributed by atoms with Crippen molar-refractivity contribution in [1.82, 2.24) is 9.91 Å². The van der Waals surface area contributed by atoms with Gasteiger partial charge in [-0.15, -0.1) is 5.10 Å². The highest BCUT2D eigenvalue weighted by molar-refractivity contribution is 8.16. The van der Waals surface area contributed by atoms with Crippen molar-refractivity contribution in [2.24, 2.45) is 5.10 Å². The maximum Gasteiger partial charge on any atom is 0.427 e. The van der Waals surface area contributed by atoms with Gasteiger partial charge in [-0.1, -0.05) is 11.8 Å². The van der Waals surface area contributed by atoms with Gasteiger partial charge in [0.15, 0.2) is 5.17 Å². The van der Waals surface area contributed by atoms with E-state index < -0.39 is 10.8 Å². The SMILES string of the molecule is CN(N=C1SC(C)(C)C(=O)N1C)C(=O)O. The number of hydrazone groups is 1. The molecule has 6 nitrogen and oxygen atoms in total. The van der Waals surface area contributed by atoms with Gasteiger partial charge in [-0.25, -0.2) is 4.79 Å². The second kappa shape index (κ2) is 3.73. The molecule has 15 heavy (non-hydrogen) atoms. The molecule has 0 radical (unpaired) electrons. The first-order chi connectivity index (χ1) is 6.75. The third kappa shape index (κ3) is 2.23. The van der Waals surface area contributed by atoms with Gasteiger partial charge in [0.25, 0.3) is 0 Å². The second-order valence-corrected chi connectivity index (χ2v) is 5.26. The minimum atomic E-state index is -1.16. The van der Waals surface area contributed by atoms with Crippen LogP contribution < -0.4 is 0 Å². The van der Waals surface area contributed by atoms with Crippen LogP contribution >= 0.6 is 11.8 Å². The smallest absolute Gasteiger partial charge is 0.427 e. The molecule has 1 rings (SSSR count). The van der Waals surface area contributed by atoms with Gasteiger partial charge in [-0.2, -0.15) is 5.01 Å². The number of amides is 2. The van der Waals surface area contributed by atoms with E-state index in [4.69, 9.17) is 5.11 Å². The molecule has 0 bridgehead atoms. The summed E-state index contributed by atoms with van der Waals surface area (Å²) >= 11 is 1.25. The van der Waals surface area contributed by atoms with Crippen molar-refractivity contribution in [3.63, 3.8) is 0 Å². The summed E-state index contributed by atoms with van der Waals surface area (Å²) in [7, 11) is 2.90. The lowest BCUT2D eigenvalue weighted by Crippen LogP contribution is -2.33. The Balaban J connectivity index is 2.91. The van der Waals surface area contributed by atoms with Crippen LogP contribution in [-0.4, -0.2) is 51.0 Å². The van der Waals surface area contributed by atoms with Crippen molar-refractivity contribution in [1.29, 1.82) is 0 Å². The molecule has 0 aromatic rings. The lowest BCUT2D eigenvalue weighted by molar-refractivity contribution is -0.127. The summed E-state index contributed by atoms with van der Waals surface area (Å²) in [5, 5.41) is 13.6. The standard InChI is InChI=1S/C8H13N3O3S/c1-8(2)5(12)10(3)6(15-8)9-11(4)7(13)14/h1-4H3,(H,13,14). The van der Waals surface area contributed by atoms with E-state index in [-0.39, 0.29) is 5.91 Å². The van der Waals surface area contributed by atoms with Gasteiger partial charge >= 0.3 is 6.09 Å². The van der Waals surface area contributed by atoms with Crippen LogP contribution in [0.3, 0.4) is 0 Å². The Morgan fingerprint density at radius 3 is 2.47 bits per heavy atom. The number of carbonyl (C=O) groups excluding carboxylic acids is 1. The molecule has 2 amide bonds. The summed E-state index contributed by atoms with van der Waals surface area (Å²) in [6.07, 6.45) is -1.16. The fourth-order valence-corrected chi connectivity index (χ4v) is 2.15. The molecule has 1 fully saturated rings. The van der Waals surface area contributed by atoms with E-state index in [1.165, 1.54) is 23.7 Å². The quantitative estimate of drug-likeness (QED) is 0.679. The van der Waals surface area contributed by atoms with Crippen LogP contribution in [0.25, 0.3) is 0 Å². The van der Waals surface area contributed by atoms with Gasteiger partial charge in [-0.3, -0.25) is 9.69 Å². The first-order valence-electron chi connectivity index (χ1n) is 4.28. The van der Waals surface area contributed by atoms with E-state index in [9.17, 15) is 9.59 Å². The highest BCUT2D eigenvalue weighted by atomic mass is 32.2. The van der Waals surface area contributed by atoms with Crippen LogP contribution in [-0.2, 0) is 4.79 Å². The van der Waals surface area contributed by atoms with E-state index in [0.717, 1.165) is 5.01 Å². The fraction of sp³-hybridized carbons (Fsp3) is 0.625. The Kier molecular flexibility index (Phi) is 2.94. The van der Waals surface area contributed by atoms with Gasteiger partial charge in [0.1, 0.15) is 0 Å². The molecule has 1 heterocycles. The third-order valence-electron chi connectivity index (χ3n) is 1.97. The topological polar surface area (TPSA) is 73.2 Å². The molecule has 1 N–H and O–H groups in total. The zero-order chi connectivity index (χ0) is 11.8. The lowest BCUT2D eigenvalue weighted by Gasteiger charge is -2.12. The molecule has 7 heteroatoms. The summed E-state index contributed by atoms with van der Waals surface area (Å²) in [6.45, 7) is 3.56. The molecule has 0 aromatic heterocycles. The van der Waals surface area contributed by atoms with E-state index in [0.29, 0.717) is 5.17 Å². The Bertz CT molecular complexity index is 340. The van der Waals surface area contributed by atoms with Crippen LogP contribution in [0, 0.1) is 0 Å². The molecular weight excluding hydrogens is 218 g/mol. The van der Waals surface area contributed by atoms with Crippen LogP contribution in [0.4, 0.5) is 4.79 Å². The Labute approximate surface area is 91.9 Å². The number of rotatable bonds is 1. The number of hydrogen-bond acceptors (Lipinski definition) is 4. The number of carbonyl (C=O) groups is 2. The molecule has 0 aromatic carbocycles. The summed E-state index contributed by atoms with van der Waals surface area (Å²) in [5.41, 5.74) is 0. The Morgan fingerprint density at radius 2 is 2.13 bits per heavy atom. The van der Waals surface area contributed by atoms with Crippen molar-refractivity contribution in [2.75, 3.05) is 14.1 Å². The van der Waals surface area contributed by atoms with Crippen molar-refractivity contribution in [2.45, 2.75) is 18.6 Å². The molecular formula is C8H13N3O3S. The van der Waals surface area contributed by atoms with Crippen LogP contribution in [0.1, 0.15) is 13.8 Å². The minimum absolute atomic E-state index is 0.0787. The van der Waals surface area contributed by atoms with Crippen molar-refractivity contribution in [3.05, 3.63) is 0 Å². The normalized spacial score (nSPS) is 22.3. The van der Waals surface area contributed by atoms with Gasteiger partial charge in [0.05, 0.1) is 4.75 Å². The van der Waals surface area contributed by atoms with Gasteiger partial charge in [0, 0.05) is 14.1 Å². The molecule has 0 aliphatic carbocycles. The molecule has 0 unspecified atom stereocenters. The monoisotopic (exact) mass is 231 g/mol. The molecule has 84 valence electrons. The van der Waals surface area contributed by atoms with Crippen LogP contribution in [0.2, 0.25) is 0 Å². The molecule has 1 aliphatic heterocycles. The highest BCUT2D eigenvalue weighted by Crippen LogP contribution is 2.35. The number of thioether (sulfide) groups is 1. The summed E-state index contributed by atoms with van der Waals surface area (Å²) in [5.74, 6) is -0.0787. The molecule has 0 atom stereocenters. The second-order valence-electron chi connectivity index (χ2n) is 3.67. The maximum atomic E-state index is 11.6. The largest absolute Gasteiger partial charge is 0.464 e. The molecule has 0 spiro atoms. The predicted octanol–water partition coefficient (Wildman–Crippen LogP) is 0.851. The fourth-order valence-electron chi connectivity index (χ4n) is 1.09. The number of hydrogen-bond donors (Lipinski definition) is 1. The summed E-state index contributed by atoms with van der Waals surface area (Å²) in [6, 6.07) is 0. The molecule has 0 saturated carbocycles. The van der Waals surface area contributed by atoms with Crippen LogP contribution in [0.5, 0.6) is 0 Å². The van der Waals surface area contributed by atoms with E-state index in [1.54, 1.807) is 20.9 Å². The molecule has 1 aliphatic rings. The van der Waals surface area contributed by atoms with Gasteiger partial charge in [-0.05, 0) is 13.8 Å². The number of amidine groups is 1. The molecule has 1 saturated heterocycles. The third-order valence-corrected chi connectivity index (χ3v) is 3.19. The average molecular weight is 231 g/mol. The minimum Gasteiger partial charge on any atom is -0.464 e.